The molecule has 6 heteroatoms. The van der Waals surface area contributed by atoms with E-state index in [4.69, 9.17) is 27.9 Å². The molecule has 2 aliphatic rings. The van der Waals surface area contributed by atoms with Crippen LogP contribution in [0.15, 0.2) is 12.1 Å². The molecule has 0 bridgehead atoms. The van der Waals surface area contributed by atoms with Gasteiger partial charge in [-0.15, -0.1) is 0 Å². The van der Waals surface area contributed by atoms with Crippen molar-refractivity contribution in [1.82, 2.24) is 10.2 Å². The van der Waals surface area contributed by atoms with Crippen molar-refractivity contribution in [2.45, 2.75) is 24.8 Å². The fourth-order valence-electron chi connectivity index (χ4n) is 3.39. The molecule has 114 valence electrons. The second-order valence-corrected chi connectivity index (χ2v) is 6.36. The Morgan fingerprint density at radius 2 is 2.19 bits per heavy atom. The number of nitrogens with one attached hydrogen (secondary N) is 1. The van der Waals surface area contributed by atoms with E-state index in [9.17, 15) is 4.79 Å². The lowest BCUT2D eigenvalue weighted by Crippen LogP contribution is -2.57. The number of nitrogens with zero attached hydrogens (tertiary/aromatic N) is 1. The van der Waals surface area contributed by atoms with Crippen LogP contribution in [-0.2, 0) is 4.79 Å². The molecule has 2 saturated heterocycles. The minimum Gasteiger partial charge on any atom is -0.496 e. The number of fused-ring (bicyclic) bond motifs is 1. The van der Waals surface area contributed by atoms with Crippen LogP contribution in [0.3, 0.4) is 0 Å². The lowest BCUT2D eigenvalue weighted by atomic mass is 9.84. The lowest BCUT2D eigenvalue weighted by molar-refractivity contribution is -0.136. The number of benzene rings is 1. The van der Waals surface area contributed by atoms with Gasteiger partial charge in [0, 0.05) is 24.7 Å². The Morgan fingerprint density at radius 1 is 1.38 bits per heavy atom. The summed E-state index contributed by atoms with van der Waals surface area (Å²) in [6.07, 6.45) is 1.77. The number of carbonyl (C=O) groups excluding carboxylic acids is 1. The summed E-state index contributed by atoms with van der Waals surface area (Å²) in [6, 6.07) is 3.84. The van der Waals surface area contributed by atoms with Gasteiger partial charge in [0.15, 0.2) is 0 Å². The molecule has 3 rings (SSSR count). The van der Waals surface area contributed by atoms with Crippen molar-refractivity contribution in [1.29, 1.82) is 0 Å². The van der Waals surface area contributed by atoms with E-state index in [-0.39, 0.29) is 17.9 Å². The summed E-state index contributed by atoms with van der Waals surface area (Å²) in [5.74, 6) is 1.23. The highest BCUT2D eigenvalue weighted by molar-refractivity contribution is 6.42. The van der Waals surface area contributed by atoms with Gasteiger partial charge in [-0.2, -0.15) is 0 Å². The first kappa shape index (κ1) is 14.9. The Hall–Kier alpha value is -0.970. The SMILES string of the molecule is COc1ccc(Cl)c(Cl)c1[C@@H]1CCN2C(=O)CNC[C@@H]2C1. The van der Waals surface area contributed by atoms with Crippen LogP contribution in [0.25, 0.3) is 0 Å². The Kier molecular flexibility index (Phi) is 4.29. The van der Waals surface area contributed by atoms with Crippen molar-refractivity contribution in [3.8, 4) is 5.75 Å². The molecule has 0 spiro atoms. The number of carbonyl (C=O) groups is 1. The minimum atomic E-state index is 0.189. The normalized spacial score (nSPS) is 25.7. The molecule has 2 fully saturated rings. The Balaban J connectivity index is 1.89. The predicted molar refractivity (Wildman–Crippen MR) is 83.4 cm³/mol. The predicted octanol–water partition coefficient (Wildman–Crippen LogP) is 2.68. The van der Waals surface area contributed by atoms with Crippen molar-refractivity contribution in [3.63, 3.8) is 0 Å². The van der Waals surface area contributed by atoms with Gasteiger partial charge in [0.2, 0.25) is 5.91 Å². The van der Waals surface area contributed by atoms with E-state index in [1.807, 2.05) is 11.0 Å². The first-order valence-electron chi connectivity index (χ1n) is 7.14. The van der Waals surface area contributed by atoms with E-state index >= 15 is 0 Å². The molecule has 2 aliphatic heterocycles. The zero-order chi connectivity index (χ0) is 15.0. The molecule has 1 amide bonds. The number of amides is 1. The van der Waals surface area contributed by atoms with E-state index in [0.717, 1.165) is 37.2 Å². The van der Waals surface area contributed by atoms with Crippen molar-refractivity contribution >= 4 is 29.1 Å². The zero-order valence-electron chi connectivity index (χ0n) is 11.9. The first-order chi connectivity index (χ1) is 10.1. The van der Waals surface area contributed by atoms with Crippen LogP contribution in [0.2, 0.25) is 10.0 Å². The molecule has 1 aromatic carbocycles. The molecule has 4 nitrogen and oxygen atoms in total. The third kappa shape index (κ3) is 2.72. The quantitative estimate of drug-likeness (QED) is 0.907. The summed E-state index contributed by atoms with van der Waals surface area (Å²) in [4.78, 5) is 13.9. The molecule has 1 aromatic rings. The first-order valence-corrected chi connectivity index (χ1v) is 7.89. The van der Waals surface area contributed by atoms with Gasteiger partial charge >= 0.3 is 0 Å². The third-order valence-corrected chi connectivity index (χ3v) is 5.23. The fourth-order valence-corrected chi connectivity index (χ4v) is 3.86. The standard InChI is InChI=1S/C15H18Cl2N2O2/c1-21-12-3-2-11(16)15(17)14(12)9-4-5-19-10(6-9)7-18-8-13(19)20/h2-3,9-10,18H,4-8H2,1H3/t9-,10+/m1/s1. The van der Waals surface area contributed by atoms with Crippen LogP contribution in [0.4, 0.5) is 0 Å². The highest BCUT2D eigenvalue weighted by Gasteiger charge is 2.36. The highest BCUT2D eigenvalue weighted by Crippen LogP contribution is 2.43. The van der Waals surface area contributed by atoms with Gasteiger partial charge in [-0.3, -0.25) is 4.79 Å². The second-order valence-electron chi connectivity index (χ2n) is 5.57. The smallest absolute Gasteiger partial charge is 0.236 e. The number of hydrogen-bond acceptors (Lipinski definition) is 3. The number of ether oxygens (including phenoxy) is 1. The van der Waals surface area contributed by atoms with Gasteiger partial charge in [-0.25, -0.2) is 0 Å². The number of rotatable bonds is 2. The maximum atomic E-state index is 11.9. The van der Waals surface area contributed by atoms with Gasteiger partial charge in [0.25, 0.3) is 0 Å². The molecule has 21 heavy (non-hydrogen) atoms. The average molecular weight is 329 g/mol. The monoisotopic (exact) mass is 328 g/mol. The summed E-state index contributed by atoms with van der Waals surface area (Å²) >= 11 is 12.6. The molecule has 1 N–H and O–H groups in total. The molecule has 2 heterocycles. The van der Waals surface area contributed by atoms with Crippen molar-refractivity contribution in [2.24, 2.45) is 0 Å². The largest absolute Gasteiger partial charge is 0.496 e. The maximum Gasteiger partial charge on any atom is 0.236 e. The Labute approximate surface area is 134 Å². The lowest BCUT2D eigenvalue weighted by Gasteiger charge is -2.43. The van der Waals surface area contributed by atoms with E-state index < -0.39 is 0 Å². The summed E-state index contributed by atoms with van der Waals surface area (Å²) < 4.78 is 5.45. The number of methoxy groups -OCH3 is 1. The van der Waals surface area contributed by atoms with Gasteiger partial charge in [-0.1, -0.05) is 23.2 Å². The van der Waals surface area contributed by atoms with Crippen LogP contribution >= 0.6 is 23.2 Å². The second kappa shape index (κ2) is 6.03. The molecular formula is C15H18Cl2N2O2. The van der Waals surface area contributed by atoms with E-state index in [1.165, 1.54) is 0 Å². The highest BCUT2D eigenvalue weighted by atomic mass is 35.5. The van der Waals surface area contributed by atoms with E-state index in [2.05, 4.69) is 5.32 Å². The molecule has 0 aromatic heterocycles. The third-order valence-electron chi connectivity index (χ3n) is 4.41. The van der Waals surface area contributed by atoms with E-state index in [1.54, 1.807) is 13.2 Å². The summed E-state index contributed by atoms with van der Waals surface area (Å²) in [7, 11) is 1.64. The number of halogens is 2. The van der Waals surface area contributed by atoms with Crippen LogP contribution in [0, 0.1) is 0 Å². The molecule has 0 saturated carbocycles. The van der Waals surface area contributed by atoms with Crippen LogP contribution in [-0.4, -0.2) is 43.6 Å². The molecule has 0 aliphatic carbocycles. The number of piperazine rings is 1. The fraction of sp³-hybridized carbons (Fsp3) is 0.533. The Morgan fingerprint density at radius 3 is 2.95 bits per heavy atom. The van der Waals surface area contributed by atoms with Gasteiger partial charge < -0.3 is 15.0 Å². The topological polar surface area (TPSA) is 41.6 Å². The number of piperidine rings is 1. The van der Waals surface area contributed by atoms with Gasteiger partial charge in [0.1, 0.15) is 5.75 Å². The van der Waals surface area contributed by atoms with Crippen molar-refractivity contribution in [2.75, 3.05) is 26.7 Å². The van der Waals surface area contributed by atoms with Crippen molar-refractivity contribution < 1.29 is 9.53 Å². The summed E-state index contributed by atoms with van der Waals surface area (Å²) in [5.41, 5.74) is 0.976. The van der Waals surface area contributed by atoms with Crippen LogP contribution in [0.1, 0.15) is 24.3 Å². The van der Waals surface area contributed by atoms with Gasteiger partial charge in [-0.05, 0) is 30.9 Å². The van der Waals surface area contributed by atoms with Crippen LogP contribution in [0.5, 0.6) is 5.75 Å². The van der Waals surface area contributed by atoms with E-state index in [0.29, 0.717) is 16.6 Å². The summed E-state index contributed by atoms with van der Waals surface area (Å²) in [5, 5.41) is 4.30. The molecule has 0 unspecified atom stereocenters. The Bertz CT molecular complexity index is 565. The zero-order valence-corrected chi connectivity index (χ0v) is 13.4. The maximum absolute atomic E-state index is 11.9. The summed E-state index contributed by atoms with van der Waals surface area (Å²) in [6.45, 7) is 2.05. The van der Waals surface area contributed by atoms with Crippen molar-refractivity contribution in [3.05, 3.63) is 27.7 Å². The average Bonchev–Trinajstić information content (AvgIpc) is 2.49. The molecule has 0 radical (unpaired) electrons. The van der Waals surface area contributed by atoms with Crippen LogP contribution < -0.4 is 10.1 Å². The van der Waals surface area contributed by atoms with Gasteiger partial charge in [0.05, 0.1) is 23.7 Å². The molecular weight excluding hydrogens is 311 g/mol. The number of hydrogen-bond donors (Lipinski definition) is 1. The molecule has 2 atom stereocenters. The minimum absolute atomic E-state index is 0.189.